The molecule has 3 heteroatoms. The standard InChI is InChI=1S/C10H6O3/c11-8-3-1-2-6-4-9(12)10(13)5-7(6)8/h1-3,5H,4H2. The lowest BCUT2D eigenvalue weighted by Crippen LogP contribution is -2.22. The molecule has 2 aliphatic rings. The van der Waals surface area contributed by atoms with E-state index in [1.165, 1.54) is 6.08 Å². The fraction of sp³-hybridized carbons (Fsp3) is 0.100. The van der Waals surface area contributed by atoms with Crippen LogP contribution in [0.25, 0.3) is 0 Å². The lowest BCUT2D eigenvalue weighted by molar-refractivity contribution is -0.133. The van der Waals surface area contributed by atoms with Crippen molar-refractivity contribution >= 4 is 17.3 Å². The minimum absolute atomic E-state index is 0.0563. The van der Waals surface area contributed by atoms with Crippen molar-refractivity contribution < 1.29 is 14.4 Å². The molecular weight excluding hydrogens is 168 g/mol. The first kappa shape index (κ1) is 7.86. The van der Waals surface area contributed by atoms with Crippen LogP contribution in [0.2, 0.25) is 0 Å². The van der Waals surface area contributed by atoms with E-state index in [-0.39, 0.29) is 12.2 Å². The molecule has 0 heterocycles. The summed E-state index contributed by atoms with van der Waals surface area (Å²) in [6.07, 6.45) is 5.86. The van der Waals surface area contributed by atoms with Gasteiger partial charge in [-0.2, -0.15) is 0 Å². The van der Waals surface area contributed by atoms with Crippen molar-refractivity contribution in [2.24, 2.45) is 0 Å². The van der Waals surface area contributed by atoms with Gasteiger partial charge in [-0.05, 0) is 11.6 Å². The smallest absolute Gasteiger partial charge is 0.222 e. The number of hydrogen-bond donors (Lipinski definition) is 0. The molecule has 0 fully saturated rings. The van der Waals surface area contributed by atoms with Crippen LogP contribution in [0.5, 0.6) is 0 Å². The van der Waals surface area contributed by atoms with E-state index in [1.54, 1.807) is 12.2 Å². The fourth-order valence-corrected chi connectivity index (χ4v) is 1.38. The van der Waals surface area contributed by atoms with Gasteiger partial charge in [0, 0.05) is 18.1 Å². The summed E-state index contributed by atoms with van der Waals surface area (Å²) in [4.78, 5) is 33.2. The third-order valence-electron chi connectivity index (χ3n) is 2.06. The van der Waals surface area contributed by atoms with Crippen LogP contribution >= 0.6 is 0 Å². The summed E-state index contributed by atoms with van der Waals surface area (Å²) in [6, 6.07) is 0. The largest absolute Gasteiger partial charge is 0.290 e. The van der Waals surface area contributed by atoms with Crippen LogP contribution in [0.15, 0.2) is 35.5 Å². The number of carbonyl (C=O) groups excluding carboxylic acids is 3. The Morgan fingerprint density at radius 3 is 2.62 bits per heavy atom. The highest BCUT2D eigenvalue weighted by molar-refractivity contribution is 6.45. The molecule has 3 nitrogen and oxygen atoms in total. The highest BCUT2D eigenvalue weighted by Crippen LogP contribution is 2.24. The number of rotatable bonds is 0. The molecule has 2 rings (SSSR count). The quantitative estimate of drug-likeness (QED) is 0.503. The van der Waals surface area contributed by atoms with Crippen molar-refractivity contribution in [2.75, 3.05) is 0 Å². The third kappa shape index (κ3) is 1.18. The molecule has 64 valence electrons. The minimum Gasteiger partial charge on any atom is -0.290 e. The van der Waals surface area contributed by atoms with E-state index in [0.717, 1.165) is 6.08 Å². The summed E-state index contributed by atoms with van der Waals surface area (Å²) in [5, 5.41) is 0. The molecule has 0 saturated heterocycles. The van der Waals surface area contributed by atoms with Gasteiger partial charge in [0.25, 0.3) is 0 Å². The topological polar surface area (TPSA) is 51.2 Å². The molecule has 0 amide bonds. The zero-order valence-electron chi connectivity index (χ0n) is 6.74. The number of hydrogen-bond acceptors (Lipinski definition) is 3. The fourth-order valence-electron chi connectivity index (χ4n) is 1.38. The van der Waals surface area contributed by atoms with Crippen molar-refractivity contribution in [3.05, 3.63) is 35.5 Å². The molecule has 0 spiro atoms. The van der Waals surface area contributed by atoms with Crippen LogP contribution in [0.3, 0.4) is 0 Å². The highest BCUT2D eigenvalue weighted by Gasteiger charge is 2.26. The summed E-state index contributed by atoms with van der Waals surface area (Å²) in [5.41, 5.74) is 1.02. The minimum atomic E-state index is -0.573. The van der Waals surface area contributed by atoms with Crippen molar-refractivity contribution in [3.63, 3.8) is 0 Å². The maximum Gasteiger partial charge on any atom is 0.222 e. The van der Waals surface area contributed by atoms with Crippen LogP contribution < -0.4 is 0 Å². The predicted octanol–water partition coefficient (Wildman–Crippen LogP) is 0.520. The molecule has 2 aliphatic carbocycles. The van der Waals surface area contributed by atoms with Crippen LogP contribution in [-0.2, 0) is 14.4 Å². The maximum atomic E-state index is 11.2. The average molecular weight is 174 g/mol. The molecule has 0 aliphatic heterocycles. The molecule has 0 bridgehead atoms. The van der Waals surface area contributed by atoms with Crippen molar-refractivity contribution in [2.45, 2.75) is 6.42 Å². The van der Waals surface area contributed by atoms with Gasteiger partial charge >= 0.3 is 0 Å². The highest BCUT2D eigenvalue weighted by atomic mass is 16.2. The Labute approximate surface area is 74.4 Å². The van der Waals surface area contributed by atoms with E-state index < -0.39 is 11.6 Å². The molecule has 0 N–H and O–H groups in total. The van der Waals surface area contributed by atoms with Gasteiger partial charge in [-0.3, -0.25) is 14.4 Å². The number of Topliss-reactive ketones (excluding diaryl/α,β-unsaturated/α-hetero) is 1. The Bertz CT molecular complexity index is 406. The number of ketones is 3. The third-order valence-corrected chi connectivity index (χ3v) is 2.06. The van der Waals surface area contributed by atoms with Crippen LogP contribution in [0.4, 0.5) is 0 Å². The van der Waals surface area contributed by atoms with Gasteiger partial charge in [0.05, 0.1) is 0 Å². The van der Waals surface area contributed by atoms with E-state index in [0.29, 0.717) is 11.1 Å². The Balaban J connectivity index is 2.53. The van der Waals surface area contributed by atoms with E-state index in [1.807, 2.05) is 0 Å². The Hall–Kier alpha value is -1.77. The van der Waals surface area contributed by atoms with Gasteiger partial charge in [0.2, 0.25) is 11.6 Å². The van der Waals surface area contributed by atoms with E-state index >= 15 is 0 Å². The van der Waals surface area contributed by atoms with E-state index in [4.69, 9.17) is 0 Å². The Morgan fingerprint density at radius 1 is 1.08 bits per heavy atom. The molecular formula is C10H6O3. The zero-order valence-corrected chi connectivity index (χ0v) is 6.74. The normalized spacial score (nSPS) is 21.1. The van der Waals surface area contributed by atoms with Gasteiger partial charge in [0.15, 0.2) is 5.78 Å². The first-order chi connectivity index (χ1) is 6.18. The maximum absolute atomic E-state index is 11.2. The van der Waals surface area contributed by atoms with Crippen LogP contribution in [-0.4, -0.2) is 17.3 Å². The van der Waals surface area contributed by atoms with Crippen molar-refractivity contribution in [1.29, 1.82) is 0 Å². The summed E-state index contributed by atoms with van der Waals surface area (Å²) in [6.45, 7) is 0. The van der Waals surface area contributed by atoms with Gasteiger partial charge in [-0.25, -0.2) is 0 Å². The molecule has 0 aromatic heterocycles. The first-order valence-electron chi connectivity index (χ1n) is 3.89. The summed E-state index contributed by atoms with van der Waals surface area (Å²) in [5.74, 6) is -1.22. The van der Waals surface area contributed by atoms with Gasteiger partial charge < -0.3 is 0 Å². The Morgan fingerprint density at radius 2 is 1.85 bits per heavy atom. The number of fused-ring (bicyclic) bond motifs is 1. The molecule has 0 atom stereocenters. The molecule has 0 aromatic carbocycles. The SMILES string of the molecule is O=C1C=C2C(=O)C=CC=C2CC1=O. The number of carbonyl (C=O) groups is 3. The van der Waals surface area contributed by atoms with Crippen molar-refractivity contribution in [1.82, 2.24) is 0 Å². The van der Waals surface area contributed by atoms with Crippen LogP contribution in [0.1, 0.15) is 6.42 Å². The van der Waals surface area contributed by atoms with Gasteiger partial charge in [-0.15, -0.1) is 0 Å². The zero-order chi connectivity index (χ0) is 9.42. The summed E-state index contributed by atoms with van der Waals surface area (Å²) < 4.78 is 0. The van der Waals surface area contributed by atoms with E-state index in [9.17, 15) is 14.4 Å². The Kier molecular flexibility index (Phi) is 1.59. The van der Waals surface area contributed by atoms with Crippen molar-refractivity contribution in [3.8, 4) is 0 Å². The second kappa shape index (κ2) is 2.62. The second-order valence-electron chi connectivity index (χ2n) is 2.94. The lowest BCUT2D eigenvalue weighted by Gasteiger charge is -2.14. The lowest BCUT2D eigenvalue weighted by atomic mass is 9.87. The molecule has 0 unspecified atom stereocenters. The first-order valence-corrected chi connectivity index (χ1v) is 3.89. The van der Waals surface area contributed by atoms with E-state index in [2.05, 4.69) is 0 Å². The second-order valence-corrected chi connectivity index (χ2v) is 2.94. The molecule has 13 heavy (non-hydrogen) atoms. The molecule has 0 saturated carbocycles. The molecule has 0 radical (unpaired) electrons. The monoisotopic (exact) mass is 174 g/mol. The number of allylic oxidation sites excluding steroid dienone is 6. The predicted molar refractivity (Wildman–Crippen MR) is 44.9 cm³/mol. The summed E-state index contributed by atoms with van der Waals surface area (Å²) >= 11 is 0. The molecule has 0 aromatic rings. The average Bonchev–Trinajstić information content (AvgIpc) is 2.09. The van der Waals surface area contributed by atoms with Crippen LogP contribution in [0, 0.1) is 0 Å². The summed E-state index contributed by atoms with van der Waals surface area (Å²) in [7, 11) is 0. The van der Waals surface area contributed by atoms with Gasteiger partial charge in [-0.1, -0.05) is 12.2 Å². The van der Waals surface area contributed by atoms with Gasteiger partial charge in [0.1, 0.15) is 0 Å².